The van der Waals surface area contributed by atoms with E-state index in [0.29, 0.717) is 0 Å². The molecule has 1 nitrogen and oxygen atoms in total. The molecule has 2 aromatic rings. The predicted molar refractivity (Wildman–Crippen MR) is 54.4 cm³/mol. The summed E-state index contributed by atoms with van der Waals surface area (Å²) in [6, 6.07) is 11.0. The second-order valence-corrected chi connectivity index (χ2v) is 3.18. The molecule has 0 aliphatic rings. The molecule has 0 amide bonds. The van der Waals surface area contributed by atoms with Crippen LogP contribution in [-0.2, 0) is 0 Å². The summed E-state index contributed by atoms with van der Waals surface area (Å²) in [6.07, 6.45) is 1.24. The molecule has 0 fully saturated rings. The first-order valence-corrected chi connectivity index (χ1v) is 4.45. The van der Waals surface area contributed by atoms with Crippen LogP contribution in [0, 0.1) is 12.7 Å². The summed E-state index contributed by atoms with van der Waals surface area (Å²) in [5.41, 5.74) is 3.00. The maximum absolute atomic E-state index is 12.6. The van der Waals surface area contributed by atoms with Crippen LogP contribution in [0.1, 0.15) is 5.56 Å². The summed E-state index contributed by atoms with van der Waals surface area (Å²) in [4.78, 5) is 4.03. The molecule has 0 saturated carbocycles. The Morgan fingerprint density at radius 1 is 1.07 bits per heavy atom. The van der Waals surface area contributed by atoms with Gasteiger partial charge in [-0.25, -0.2) is 4.39 Å². The molecule has 0 saturated heterocycles. The molecule has 0 spiro atoms. The van der Waals surface area contributed by atoms with Crippen LogP contribution in [0.15, 0.2) is 42.6 Å². The van der Waals surface area contributed by atoms with E-state index in [1.807, 2.05) is 31.2 Å². The summed E-state index contributed by atoms with van der Waals surface area (Å²) < 4.78 is 12.6. The van der Waals surface area contributed by atoms with Crippen molar-refractivity contribution in [2.75, 3.05) is 0 Å². The molecule has 0 unspecified atom stereocenters. The van der Waals surface area contributed by atoms with Gasteiger partial charge >= 0.3 is 0 Å². The largest absolute Gasteiger partial charge is 0.253 e. The molecule has 0 N–H and O–H groups in total. The number of pyridine rings is 1. The molecule has 14 heavy (non-hydrogen) atoms. The van der Waals surface area contributed by atoms with E-state index in [0.717, 1.165) is 16.8 Å². The van der Waals surface area contributed by atoms with E-state index in [-0.39, 0.29) is 5.82 Å². The molecule has 0 radical (unpaired) electrons. The van der Waals surface area contributed by atoms with Gasteiger partial charge < -0.3 is 0 Å². The summed E-state index contributed by atoms with van der Waals surface area (Å²) in [5, 5.41) is 0. The lowest BCUT2D eigenvalue weighted by Gasteiger charge is -2.03. The van der Waals surface area contributed by atoms with E-state index >= 15 is 0 Å². The Hall–Kier alpha value is -1.70. The lowest BCUT2D eigenvalue weighted by molar-refractivity contribution is 0.622. The number of aryl methyl sites for hydroxylation is 1. The number of aromatic nitrogens is 1. The van der Waals surface area contributed by atoms with Crippen molar-refractivity contribution < 1.29 is 4.39 Å². The maximum Gasteiger partial charge on any atom is 0.141 e. The van der Waals surface area contributed by atoms with Crippen LogP contribution in [0.2, 0.25) is 0 Å². The zero-order chi connectivity index (χ0) is 9.97. The molecule has 0 atom stereocenters. The second kappa shape index (κ2) is 3.58. The van der Waals surface area contributed by atoms with Gasteiger partial charge in [-0.05, 0) is 24.6 Å². The molecular weight excluding hydrogens is 177 g/mol. The fraction of sp³-hybridized carbons (Fsp3) is 0.0833. The molecule has 2 rings (SSSR count). The molecular formula is C12H10FN. The number of nitrogens with zero attached hydrogens (tertiary/aromatic N) is 1. The SMILES string of the molecule is Cc1ccccc1-c1ccc(F)cn1. The fourth-order valence-corrected chi connectivity index (χ4v) is 1.40. The van der Waals surface area contributed by atoms with E-state index < -0.39 is 0 Å². The van der Waals surface area contributed by atoms with Gasteiger partial charge in [0.1, 0.15) is 5.82 Å². The molecule has 1 heterocycles. The average molecular weight is 187 g/mol. The van der Waals surface area contributed by atoms with Gasteiger partial charge in [0.15, 0.2) is 0 Å². The van der Waals surface area contributed by atoms with E-state index in [1.54, 1.807) is 6.07 Å². The molecule has 2 heteroatoms. The Labute approximate surface area is 82.2 Å². The fourth-order valence-electron chi connectivity index (χ4n) is 1.40. The Bertz CT molecular complexity index is 434. The van der Waals surface area contributed by atoms with Crippen molar-refractivity contribution in [1.29, 1.82) is 0 Å². The van der Waals surface area contributed by atoms with Gasteiger partial charge in [-0.3, -0.25) is 4.98 Å². The zero-order valence-electron chi connectivity index (χ0n) is 7.87. The van der Waals surface area contributed by atoms with Crippen molar-refractivity contribution >= 4 is 0 Å². The molecule has 0 aliphatic heterocycles. The van der Waals surface area contributed by atoms with Gasteiger partial charge in [0, 0.05) is 5.56 Å². The third kappa shape index (κ3) is 1.64. The molecule has 1 aromatic heterocycles. The standard InChI is InChI=1S/C12H10FN/c1-9-4-2-3-5-11(9)12-7-6-10(13)8-14-12/h2-8H,1H3. The lowest BCUT2D eigenvalue weighted by atomic mass is 10.1. The lowest BCUT2D eigenvalue weighted by Crippen LogP contribution is -1.86. The Morgan fingerprint density at radius 3 is 2.50 bits per heavy atom. The van der Waals surface area contributed by atoms with Crippen LogP contribution in [0.4, 0.5) is 4.39 Å². The monoisotopic (exact) mass is 187 g/mol. The topological polar surface area (TPSA) is 12.9 Å². The summed E-state index contributed by atoms with van der Waals surface area (Å²) in [5.74, 6) is -0.303. The van der Waals surface area contributed by atoms with Gasteiger partial charge in [0.2, 0.25) is 0 Å². The summed E-state index contributed by atoms with van der Waals surface area (Å²) in [7, 11) is 0. The Balaban J connectivity index is 2.50. The Kier molecular flexibility index (Phi) is 2.27. The highest BCUT2D eigenvalue weighted by atomic mass is 19.1. The van der Waals surface area contributed by atoms with Gasteiger partial charge in [-0.2, -0.15) is 0 Å². The van der Waals surface area contributed by atoms with Crippen molar-refractivity contribution in [3.05, 3.63) is 54.0 Å². The van der Waals surface area contributed by atoms with Crippen molar-refractivity contribution in [1.82, 2.24) is 4.98 Å². The highest BCUT2D eigenvalue weighted by Gasteiger charge is 2.01. The van der Waals surface area contributed by atoms with E-state index in [1.165, 1.54) is 12.3 Å². The third-order valence-electron chi connectivity index (χ3n) is 2.15. The quantitative estimate of drug-likeness (QED) is 0.668. The number of halogens is 1. The second-order valence-electron chi connectivity index (χ2n) is 3.18. The first-order valence-electron chi connectivity index (χ1n) is 4.45. The third-order valence-corrected chi connectivity index (χ3v) is 2.15. The number of benzene rings is 1. The van der Waals surface area contributed by atoms with E-state index in [4.69, 9.17) is 0 Å². The number of hydrogen-bond donors (Lipinski definition) is 0. The van der Waals surface area contributed by atoms with Crippen LogP contribution in [0.3, 0.4) is 0 Å². The van der Waals surface area contributed by atoms with Gasteiger partial charge in [0.25, 0.3) is 0 Å². The van der Waals surface area contributed by atoms with E-state index in [9.17, 15) is 4.39 Å². The number of rotatable bonds is 1. The van der Waals surface area contributed by atoms with Crippen molar-refractivity contribution in [2.24, 2.45) is 0 Å². The first-order chi connectivity index (χ1) is 6.77. The summed E-state index contributed by atoms with van der Waals surface area (Å²) >= 11 is 0. The van der Waals surface area contributed by atoms with Crippen LogP contribution >= 0.6 is 0 Å². The minimum Gasteiger partial charge on any atom is -0.253 e. The minimum atomic E-state index is -0.303. The molecule has 0 bridgehead atoms. The maximum atomic E-state index is 12.6. The van der Waals surface area contributed by atoms with Gasteiger partial charge in [-0.1, -0.05) is 24.3 Å². The van der Waals surface area contributed by atoms with Crippen LogP contribution in [0.25, 0.3) is 11.3 Å². The average Bonchev–Trinajstić information content (AvgIpc) is 2.20. The highest BCUT2D eigenvalue weighted by molar-refractivity contribution is 5.62. The zero-order valence-corrected chi connectivity index (χ0v) is 7.87. The number of hydrogen-bond acceptors (Lipinski definition) is 1. The Morgan fingerprint density at radius 2 is 1.86 bits per heavy atom. The van der Waals surface area contributed by atoms with E-state index in [2.05, 4.69) is 4.98 Å². The highest BCUT2D eigenvalue weighted by Crippen LogP contribution is 2.20. The van der Waals surface area contributed by atoms with Crippen LogP contribution < -0.4 is 0 Å². The summed E-state index contributed by atoms with van der Waals surface area (Å²) in [6.45, 7) is 2.01. The van der Waals surface area contributed by atoms with Gasteiger partial charge in [0.05, 0.1) is 11.9 Å². The van der Waals surface area contributed by atoms with Gasteiger partial charge in [-0.15, -0.1) is 0 Å². The van der Waals surface area contributed by atoms with Crippen molar-refractivity contribution in [3.8, 4) is 11.3 Å². The van der Waals surface area contributed by atoms with Crippen molar-refractivity contribution in [2.45, 2.75) is 6.92 Å². The smallest absolute Gasteiger partial charge is 0.141 e. The minimum absolute atomic E-state index is 0.303. The molecule has 1 aromatic carbocycles. The molecule has 0 aliphatic carbocycles. The first kappa shape index (κ1) is 8.88. The van der Waals surface area contributed by atoms with Crippen LogP contribution in [-0.4, -0.2) is 4.98 Å². The molecule has 70 valence electrons. The van der Waals surface area contributed by atoms with Crippen molar-refractivity contribution in [3.63, 3.8) is 0 Å². The van der Waals surface area contributed by atoms with Crippen LogP contribution in [0.5, 0.6) is 0 Å². The normalized spacial score (nSPS) is 10.1. The predicted octanol–water partition coefficient (Wildman–Crippen LogP) is 3.20.